The minimum absolute atomic E-state index is 0.110. The Labute approximate surface area is 168 Å². The van der Waals surface area contributed by atoms with Crippen molar-refractivity contribution in [2.24, 2.45) is 5.92 Å². The van der Waals surface area contributed by atoms with E-state index in [2.05, 4.69) is 0 Å². The van der Waals surface area contributed by atoms with E-state index in [1.165, 1.54) is 14.2 Å². The highest BCUT2D eigenvalue weighted by atomic mass is 35.5. The number of ether oxygens (including phenoxy) is 2. The highest BCUT2D eigenvalue weighted by Gasteiger charge is 2.67. The van der Waals surface area contributed by atoms with Gasteiger partial charge in [0.1, 0.15) is 21.6 Å². The minimum atomic E-state index is -1.25. The zero-order valence-electron chi connectivity index (χ0n) is 15.5. The largest absolute Gasteiger partial charge is 0.506 e. The fourth-order valence-corrected chi connectivity index (χ4v) is 4.18. The molecular weight excluding hydrogens is 389 g/mol. The highest BCUT2D eigenvalue weighted by Crippen LogP contribution is 2.66. The van der Waals surface area contributed by atoms with Crippen molar-refractivity contribution in [3.63, 3.8) is 0 Å². The second-order valence-electron chi connectivity index (χ2n) is 6.70. The quantitative estimate of drug-likeness (QED) is 0.570. The lowest BCUT2D eigenvalue weighted by Crippen LogP contribution is -2.09. The van der Waals surface area contributed by atoms with Crippen molar-refractivity contribution >= 4 is 34.7 Å². The first-order valence-electron chi connectivity index (χ1n) is 8.36. The number of phenols is 1. The van der Waals surface area contributed by atoms with E-state index in [0.29, 0.717) is 28.3 Å². The summed E-state index contributed by atoms with van der Waals surface area (Å²) in [4.78, 5) is 14.9. The fourth-order valence-electron chi connectivity index (χ4n) is 3.35. The first-order chi connectivity index (χ1) is 12.7. The Kier molecular flexibility index (Phi) is 5.19. The molecule has 2 aromatic rings. The van der Waals surface area contributed by atoms with Gasteiger partial charge in [-0.05, 0) is 35.9 Å². The van der Waals surface area contributed by atoms with Gasteiger partial charge < -0.3 is 19.5 Å². The molecule has 1 fully saturated rings. The van der Waals surface area contributed by atoms with Crippen molar-refractivity contribution in [2.45, 2.75) is 10.3 Å². The zero-order valence-corrected chi connectivity index (χ0v) is 17.0. The maximum atomic E-state index is 13.1. The van der Waals surface area contributed by atoms with Crippen LogP contribution < -0.4 is 14.4 Å². The number of nitrogens with zero attached hydrogens (tertiary/aromatic N) is 1. The van der Waals surface area contributed by atoms with Crippen molar-refractivity contribution in [3.05, 3.63) is 47.5 Å². The number of carbonyl (C=O) groups excluding carboxylic acids is 1. The molecule has 0 saturated heterocycles. The molecule has 7 heteroatoms. The Morgan fingerprint density at radius 1 is 1.11 bits per heavy atom. The molecule has 0 spiro atoms. The summed E-state index contributed by atoms with van der Waals surface area (Å²) in [6.45, 7) is 0. The van der Waals surface area contributed by atoms with Crippen LogP contribution in [-0.4, -0.2) is 43.5 Å². The van der Waals surface area contributed by atoms with Gasteiger partial charge in [0.2, 0.25) is 0 Å². The Morgan fingerprint density at radius 3 is 2.37 bits per heavy atom. The summed E-state index contributed by atoms with van der Waals surface area (Å²) in [5, 5.41) is 10.3. The van der Waals surface area contributed by atoms with Crippen LogP contribution in [0.2, 0.25) is 0 Å². The molecule has 2 aromatic carbocycles. The molecule has 2 unspecified atom stereocenters. The molecule has 1 saturated carbocycles. The maximum Gasteiger partial charge on any atom is 0.173 e. The van der Waals surface area contributed by atoms with E-state index in [4.69, 9.17) is 32.7 Å². The molecule has 1 aliphatic rings. The molecule has 5 nitrogen and oxygen atoms in total. The van der Waals surface area contributed by atoms with Crippen molar-refractivity contribution in [2.75, 3.05) is 33.2 Å². The summed E-state index contributed by atoms with van der Waals surface area (Å²) in [7, 11) is 6.69. The molecular formula is C20H21Cl2NO4. The topological polar surface area (TPSA) is 59.0 Å². The summed E-state index contributed by atoms with van der Waals surface area (Å²) in [6, 6.07) is 10.2. The number of hydrogen-bond acceptors (Lipinski definition) is 5. The summed E-state index contributed by atoms with van der Waals surface area (Å²) in [5.74, 6) is -0.214. The van der Waals surface area contributed by atoms with Gasteiger partial charge in [0.25, 0.3) is 0 Å². The number of ketones is 1. The van der Waals surface area contributed by atoms with Crippen LogP contribution in [0.4, 0.5) is 5.69 Å². The molecule has 2 atom stereocenters. The van der Waals surface area contributed by atoms with Crippen LogP contribution in [0.3, 0.4) is 0 Å². The molecule has 0 amide bonds. The van der Waals surface area contributed by atoms with E-state index in [9.17, 15) is 9.90 Å². The van der Waals surface area contributed by atoms with Crippen molar-refractivity contribution in [1.29, 1.82) is 0 Å². The van der Waals surface area contributed by atoms with Gasteiger partial charge in [0.15, 0.2) is 5.78 Å². The molecule has 0 aromatic heterocycles. The lowest BCUT2D eigenvalue weighted by atomic mass is 10.0. The van der Waals surface area contributed by atoms with E-state index < -0.39 is 16.2 Å². The van der Waals surface area contributed by atoms with Gasteiger partial charge in [-0.25, -0.2) is 0 Å². The number of benzene rings is 2. The molecule has 27 heavy (non-hydrogen) atoms. The molecule has 0 heterocycles. The smallest absolute Gasteiger partial charge is 0.173 e. The monoisotopic (exact) mass is 409 g/mol. The third kappa shape index (κ3) is 3.42. The van der Waals surface area contributed by atoms with E-state index in [1.807, 2.05) is 20.2 Å². The third-order valence-corrected chi connectivity index (χ3v) is 5.79. The number of halogens is 2. The van der Waals surface area contributed by atoms with Gasteiger partial charge in [-0.15, -0.1) is 23.2 Å². The van der Waals surface area contributed by atoms with Crippen LogP contribution in [0.1, 0.15) is 21.8 Å². The van der Waals surface area contributed by atoms with Gasteiger partial charge in [-0.1, -0.05) is 6.07 Å². The SMILES string of the molecule is COc1ccc(OC)c(C(=O)C2C(c3ccc(N(C)C)c(O)c3)C2(Cl)Cl)c1. The number of alkyl halides is 2. The van der Waals surface area contributed by atoms with Crippen LogP contribution in [0, 0.1) is 5.92 Å². The van der Waals surface area contributed by atoms with Crippen molar-refractivity contribution < 1.29 is 19.4 Å². The Balaban J connectivity index is 1.95. The van der Waals surface area contributed by atoms with E-state index >= 15 is 0 Å². The van der Waals surface area contributed by atoms with Gasteiger partial charge >= 0.3 is 0 Å². The highest BCUT2D eigenvalue weighted by molar-refractivity contribution is 6.54. The summed E-state index contributed by atoms with van der Waals surface area (Å²) in [6.07, 6.45) is 0. The summed E-state index contributed by atoms with van der Waals surface area (Å²) in [5.41, 5.74) is 1.75. The van der Waals surface area contributed by atoms with E-state index in [0.717, 1.165) is 0 Å². The van der Waals surface area contributed by atoms with Crippen molar-refractivity contribution in [1.82, 2.24) is 0 Å². The first-order valence-corrected chi connectivity index (χ1v) is 9.12. The number of phenolic OH excluding ortho intramolecular Hbond substituents is 1. The normalized spacial score (nSPS) is 20.1. The number of hydrogen-bond donors (Lipinski definition) is 1. The van der Waals surface area contributed by atoms with Crippen LogP contribution >= 0.6 is 23.2 Å². The molecule has 0 aliphatic heterocycles. The molecule has 3 rings (SSSR count). The van der Waals surface area contributed by atoms with Crippen LogP contribution in [0.5, 0.6) is 17.2 Å². The van der Waals surface area contributed by atoms with Crippen molar-refractivity contribution in [3.8, 4) is 17.2 Å². The predicted molar refractivity (Wildman–Crippen MR) is 107 cm³/mol. The van der Waals surface area contributed by atoms with Crippen LogP contribution in [0.15, 0.2) is 36.4 Å². The predicted octanol–water partition coefficient (Wildman–Crippen LogP) is 4.25. The molecule has 1 N–H and O–H groups in total. The van der Waals surface area contributed by atoms with Gasteiger partial charge in [0, 0.05) is 20.0 Å². The number of aromatic hydroxyl groups is 1. The molecule has 0 bridgehead atoms. The van der Waals surface area contributed by atoms with Gasteiger partial charge in [-0.2, -0.15) is 0 Å². The van der Waals surface area contributed by atoms with E-state index in [-0.39, 0.29) is 11.5 Å². The van der Waals surface area contributed by atoms with Crippen LogP contribution in [-0.2, 0) is 0 Å². The standard InChI is InChI=1S/C20H21Cl2NO4/c1-23(2)14-7-5-11(9-15(14)24)17-18(20(17,21)22)19(25)13-10-12(26-3)6-8-16(13)27-4/h5-10,17-18,24H,1-4H3. The molecule has 1 aliphatic carbocycles. The minimum Gasteiger partial charge on any atom is -0.506 e. The van der Waals surface area contributed by atoms with Gasteiger partial charge in [-0.3, -0.25) is 4.79 Å². The zero-order chi connectivity index (χ0) is 19.9. The number of methoxy groups -OCH3 is 2. The van der Waals surface area contributed by atoms with Crippen LogP contribution in [0.25, 0.3) is 0 Å². The Hall–Kier alpha value is -2.11. The number of anilines is 1. The molecule has 144 valence electrons. The second kappa shape index (κ2) is 7.13. The average molecular weight is 410 g/mol. The van der Waals surface area contributed by atoms with Gasteiger partial charge in [0.05, 0.1) is 31.4 Å². The lowest BCUT2D eigenvalue weighted by molar-refractivity contribution is 0.0961. The first kappa shape index (κ1) is 19.6. The number of Topliss-reactive ketones (excluding diaryl/α,β-unsaturated/α-hetero) is 1. The van der Waals surface area contributed by atoms with E-state index in [1.54, 1.807) is 35.2 Å². The number of carbonyl (C=O) groups is 1. The summed E-state index contributed by atoms with van der Waals surface area (Å²) < 4.78 is 9.26. The lowest BCUT2D eigenvalue weighted by Gasteiger charge is -2.15. The molecule has 0 radical (unpaired) electrons. The number of rotatable bonds is 6. The Morgan fingerprint density at radius 2 is 1.81 bits per heavy atom. The fraction of sp³-hybridized carbons (Fsp3) is 0.350. The average Bonchev–Trinajstić information content (AvgIpc) is 3.22. The maximum absolute atomic E-state index is 13.1. The Bertz CT molecular complexity index is 882. The second-order valence-corrected chi connectivity index (χ2v) is 8.15. The summed E-state index contributed by atoms with van der Waals surface area (Å²) >= 11 is 12.9. The third-order valence-electron chi connectivity index (χ3n) is 4.85.